The summed E-state index contributed by atoms with van der Waals surface area (Å²) in [7, 11) is 1.95. The SMILES string of the molecule is CN(CC(=O)N1Cc2cnc(-c3ccccc3)nc2C1)Cc1ccncc1. The van der Waals surface area contributed by atoms with Gasteiger partial charge in [-0.05, 0) is 24.7 Å². The van der Waals surface area contributed by atoms with E-state index in [1.807, 2.05) is 65.5 Å². The van der Waals surface area contributed by atoms with Crippen LogP contribution in [0, 0.1) is 0 Å². The van der Waals surface area contributed by atoms with Gasteiger partial charge in [0.15, 0.2) is 5.82 Å². The number of amides is 1. The number of aromatic nitrogens is 3. The number of hydrogen-bond acceptors (Lipinski definition) is 5. The Hall–Kier alpha value is -3.12. The zero-order valence-corrected chi connectivity index (χ0v) is 15.2. The summed E-state index contributed by atoms with van der Waals surface area (Å²) < 4.78 is 0. The van der Waals surface area contributed by atoms with Gasteiger partial charge in [-0.25, -0.2) is 9.97 Å². The van der Waals surface area contributed by atoms with Crippen molar-refractivity contribution in [2.45, 2.75) is 19.6 Å². The fraction of sp³-hybridized carbons (Fsp3) is 0.238. The second kappa shape index (κ2) is 7.63. The van der Waals surface area contributed by atoms with E-state index in [9.17, 15) is 4.79 Å². The van der Waals surface area contributed by atoms with Gasteiger partial charge in [0, 0.05) is 42.8 Å². The molecule has 1 amide bonds. The van der Waals surface area contributed by atoms with Crippen molar-refractivity contribution < 1.29 is 4.79 Å². The van der Waals surface area contributed by atoms with Gasteiger partial charge in [0.2, 0.25) is 5.91 Å². The lowest BCUT2D eigenvalue weighted by Gasteiger charge is -2.21. The molecule has 0 bridgehead atoms. The van der Waals surface area contributed by atoms with Crippen LogP contribution in [0.3, 0.4) is 0 Å². The minimum Gasteiger partial charge on any atom is -0.331 e. The third-order valence-corrected chi connectivity index (χ3v) is 4.65. The first-order chi connectivity index (χ1) is 13.2. The Balaban J connectivity index is 1.39. The van der Waals surface area contributed by atoms with Gasteiger partial charge in [-0.3, -0.25) is 14.7 Å². The molecule has 0 N–H and O–H groups in total. The molecule has 3 heterocycles. The topological polar surface area (TPSA) is 62.2 Å². The van der Waals surface area contributed by atoms with Crippen LogP contribution in [-0.4, -0.2) is 44.3 Å². The number of nitrogens with zero attached hydrogens (tertiary/aromatic N) is 5. The van der Waals surface area contributed by atoms with Crippen LogP contribution < -0.4 is 0 Å². The van der Waals surface area contributed by atoms with Gasteiger partial charge < -0.3 is 4.90 Å². The standard InChI is InChI=1S/C21H21N5O/c1-25(12-16-7-9-22-10-8-16)15-20(27)26-13-18-11-23-21(24-19(18)14-26)17-5-3-2-4-6-17/h2-11H,12-15H2,1H3. The number of pyridine rings is 1. The molecule has 0 fully saturated rings. The predicted molar refractivity (Wildman–Crippen MR) is 102 cm³/mol. The molecule has 4 rings (SSSR count). The molecule has 6 heteroatoms. The van der Waals surface area contributed by atoms with Gasteiger partial charge in [0.1, 0.15) is 0 Å². The summed E-state index contributed by atoms with van der Waals surface area (Å²) in [5.41, 5.74) is 4.10. The Bertz CT molecular complexity index is 930. The molecule has 0 radical (unpaired) electrons. The molecule has 27 heavy (non-hydrogen) atoms. The highest BCUT2D eigenvalue weighted by atomic mass is 16.2. The summed E-state index contributed by atoms with van der Waals surface area (Å²) in [6.45, 7) is 2.20. The molecule has 1 aliphatic rings. The van der Waals surface area contributed by atoms with Gasteiger partial charge in [-0.2, -0.15) is 0 Å². The fourth-order valence-corrected chi connectivity index (χ4v) is 3.24. The van der Waals surface area contributed by atoms with Crippen LogP contribution >= 0.6 is 0 Å². The molecule has 0 saturated carbocycles. The summed E-state index contributed by atoms with van der Waals surface area (Å²) in [5.74, 6) is 0.810. The number of hydrogen-bond donors (Lipinski definition) is 0. The summed E-state index contributed by atoms with van der Waals surface area (Å²) in [6, 6.07) is 13.8. The third-order valence-electron chi connectivity index (χ3n) is 4.65. The zero-order chi connectivity index (χ0) is 18.6. The Morgan fingerprint density at radius 2 is 1.89 bits per heavy atom. The van der Waals surface area contributed by atoms with E-state index >= 15 is 0 Å². The average Bonchev–Trinajstić information content (AvgIpc) is 3.13. The van der Waals surface area contributed by atoms with E-state index in [2.05, 4.69) is 15.0 Å². The molecule has 0 saturated heterocycles. The third kappa shape index (κ3) is 4.01. The van der Waals surface area contributed by atoms with Gasteiger partial charge in [-0.15, -0.1) is 0 Å². The highest BCUT2D eigenvalue weighted by Crippen LogP contribution is 2.23. The van der Waals surface area contributed by atoms with Crippen LogP contribution in [0.25, 0.3) is 11.4 Å². The Morgan fingerprint density at radius 3 is 2.67 bits per heavy atom. The van der Waals surface area contributed by atoms with Crippen LogP contribution in [-0.2, 0) is 24.4 Å². The first-order valence-corrected chi connectivity index (χ1v) is 8.94. The normalized spacial score (nSPS) is 13.0. The fourth-order valence-electron chi connectivity index (χ4n) is 3.24. The molecule has 0 atom stereocenters. The molecule has 2 aromatic heterocycles. The highest BCUT2D eigenvalue weighted by molar-refractivity contribution is 5.78. The minimum absolute atomic E-state index is 0.103. The minimum atomic E-state index is 0.103. The zero-order valence-electron chi connectivity index (χ0n) is 15.2. The molecule has 0 aliphatic carbocycles. The smallest absolute Gasteiger partial charge is 0.237 e. The van der Waals surface area contributed by atoms with Crippen LogP contribution in [0.1, 0.15) is 16.8 Å². The Labute approximate surface area is 158 Å². The van der Waals surface area contributed by atoms with E-state index in [0.29, 0.717) is 32.0 Å². The average molecular weight is 359 g/mol. The molecule has 6 nitrogen and oxygen atoms in total. The maximum atomic E-state index is 12.7. The number of rotatable bonds is 5. The van der Waals surface area contributed by atoms with Crippen molar-refractivity contribution in [3.05, 3.63) is 77.9 Å². The van der Waals surface area contributed by atoms with Gasteiger partial charge in [0.25, 0.3) is 0 Å². The lowest BCUT2D eigenvalue weighted by molar-refractivity contribution is -0.132. The van der Waals surface area contributed by atoms with E-state index < -0.39 is 0 Å². The summed E-state index contributed by atoms with van der Waals surface area (Å²) in [6.07, 6.45) is 5.38. The molecule has 1 aliphatic heterocycles. The Morgan fingerprint density at radius 1 is 1.11 bits per heavy atom. The van der Waals surface area contributed by atoms with Crippen molar-refractivity contribution in [1.82, 2.24) is 24.8 Å². The van der Waals surface area contributed by atoms with Crippen molar-refractivity contribution >= 4 is 5.91 Å². The number of carbonyl (C=O) groups is 1. The van der Waals surface area contributed by atoms with E-state index in [-0.39, 0.29) is 5.91 Å². The highest BCUT2D eigenvalue weighted by Gasteiger charge is 2.26. The molecular formula is C21H21N5O. The van der Waals surface area contributed by atoms with Crippen LogP contribution in [0.15, 0.2) is 61.1 Å². The van der Waals surface area contributed by atoms with Gasteiger partial charge >= 0.3 is 0 Å². The quantitative estimate of drug-likeness (QED) is 0.700. The van der Waals surface area contributed by atoms with Crippen molar-refractivity contribution in [1.29, 1.82) is 0 Å². The van der Waals surface area contributed by atoms with E-state index in [1.54, 1.807) is 12.4 Å². The largest absolute Gasteiger partial charge is 0.331 e. The van der Waals surface area contributed by atoms with Gasteiger partial charge in [0.05, 0.1) is 18.8 Å². The van der Waals surface area contributed by atoms with Crippen molar-refractivity contribution in [2.75, 3.05) is 13.6 Å². The molecule has 0 spiro atoms. The lowest BCUT2D eigenvalue weighted by atomic mass is 10.2. The van der Waals surface area contributed by atoms with Crippen LogP contribution in [0.2, 0.25) is 0 Å². The molecular weight excluding hydrogens is 338 g/mol. The number of carbonyl (C=O) groups excluding carboxylic acids is 1. The molecule has 3 aromatic rings. The van der Waals surface area contributed by atoms with Crippen LogP contribution in [0.5, 0.6) is 0 Å². The second-order valence-corrected chi connectivity index (χ2v) is 6.81. The van der Waals surface area contributed by atoms with Crippen LogP contribution in [0.4, 0.5) is 0 Å². The summed E-state index contributed by atoms with van der Waals surface area (Å²) in [4.78, 5) is 29.7. The van der Waals surface area contributed by atoms with Crippen molar-refractivity contribution in [3.8, 4) is 11.4 Å². The molecule has 1 aromatic carbocycles. The van der Waals surface area contributed by atoms with Crippen molar-refractivity contribution in [3.63, 3.8) is 0 Å². The lowest BCUT2D eigenvalue weighted by Crippen LogP contribution is -2.35. The second-order valence-electron chi connectivity index (χ2n) is 6.81. The predicted octanol–water partition coefficient (Wildman–Crippen LogP) is 2.51. The van der Waals surface area contributed by atoms with Gasteiger partial charge in [-0.1, -0.05) is 30.3 Å². The molecule has 136 valence electrons. The maximum absolute atomic E-state index is 12.7. The molecule has 0 unspecified atom stereocenters. The Kier molecular flexibility index (Phi) is 4.89. The number of benzene rings is 1. The summed E-state index contributed by atoms with van der Waals surface area (Å²) in [5, 5.41) is 0. The van der Waals surface area contributed by atoms with Crippen molar-refractivity contribution in [2.24, 2.45) is 0 Å². The monoisotopic (exact) mass is 359 g/mol. The van der Waals surface area contributed by atoms with E-state index in [1.165, 1.54) is 0 Å². The van der Waals surface area contributed by atoms with E-state index in [4.69, 9.17) is 0 Å². The van der Waals surface area contributed by atoms with E-state index in [0.717, 1.165) is 22.4 Å². The first kappa shape index (κ1) is 17.3. The first-order valence-electron chi connectivity index (χ1n) is 8.94. The number of fused-ring (bicyclic) bond motifs is 1. The summed E-state index contributed by atoms with van der Waals surface area (Å²) >= 11 is 0. The maximum Gasteiger partial charge on any atom is 0.237 e. The number of likely N-dealkylation sites (N-methyl/N-ethyl adjacent to an activating group) is 1.